The van der Waals surface area contributed by atoms with Crippen molar-refractivity contribution in [1.29, 1.82) is 0 Å². The molecule has 9 heteroatoms. The Hall–Kier alpha value is -1.48. The molecule has 1 aliphatic heterocycles. The van der Waals surface area contributed by atoms with Crippen LogP contribution in [0.1, 0.15) is 6.42 Å². The molecule has 120 valence electrons. The van der Waals surface area contributed by atoms with E-state index in [2.05, 4.69) is 10.1 Å². The summed E-state index contributed by atoms with van der Waals surface area (Å²) >= 11 is 1.55. The predicted molar refractivity (Wildman–Crippen MR) is 77.8 cm³/mol. The van der Waals surface area contributed by atoms with Gasteiger partial charge in [-0.05, 0) is 18.4 Å². The van der Waals surface area contributed by atoms with Crippen molar-refractivity contribution in [2.75, 3.05) is 38.9 Å². The fourth-order valence-corrected chi connectivity index (χ4v) is 2.54. The minimum absolute atomic E-state index is 0.0875. The highest BCUT2D eigenvalue weighted by Gasteiger charge is 2.36. The molecule has 0 bridgehead atoms. The van der Waals surface area contributed by atoms with Gasteiger partial charge in [0.15, 0.2) is 6.04 Å². The average Bonchev–Trinajstić information content (AvgIpc) is 2.49. The van der Waals surface area contributed by atoms with Gasteiger partial charge in [0.1, 0.15) is 6.04 Å². The van der Waals surface area contributed by atoms with Crippen molar-refractivity contribution in [3.05, 3.63) is 0 Å². The van der Waals surface area contributed by atoms with E-state index in [-0.39, 0.29) is 19.1 Å². The summed E-state index contributed by atoms with van der Waals surface area (Å²) in [4.78, 5) is 36.7. The predicted octanol–water partition coefficient (Wildman–Crippen LogP) is -0.823. The number of carbonyl (C=O) groups excluding carboxylic acids is 3. The molecule has 2 atom stereocenters. The van der Waals surface area contributed by atoms with Crippen molar-refractivity contribution in [3.63, 3.8) is 0 Å². The maximum atomic E-state index is 12.6. The maximum Gasteiger partial charge on any atom is 0.331 e. The van der Waals surface area contributed by atoms with E-state index in [1.807, 2.05) is 6.26 Å². The first-order valence-corrected chi connectivity index (χ1v) is 7.91. The summed E-state index contributed by atoms with van der Waals surface area (Å²) in [7, 11) is 1.26. The van der Waals surface area contributed by atoms with Crippen LogP contribution >= 0.6 is 11.8 Å². The number of carbonyl (C=O) groups is 3. The molecule has 0 spiro atoms. The number of hydrogen-bond donors (Lipinski definition) is 2. The van der Waals surface area contributed by atoms with E-state index in [1.165, 1.54) is 12.0 Å². The Morgan fingerprint density at radius 1 is 1.52 bits per heavy atom. The SMILES string of the molecule is COC(=O)C1COCCN1C(=O)C(CCSC)NC(N)=O. The van der Waals surface area contributed by atoms with Gasteiger partial charge in [-0.3, -0.25) is 4.79 Å². The third kappa shape index (κ3) is 5.09. The molecule has 1 heterocycles. The standard InChI is InChI=1S/C12H21N3O5S/c1-19-11(17)9-7-20-5-4-15(9)10(16)8(3-6-21-2)14-12(13)18/h8-9H,3-7H2,1-2H3,(H3,13,14,18). The van der Waals surface area contributed by atoms with E-state index < -0.39 is 24.1 Å². The zero-order chi connectivity index (χ0) is 15.8. The average molecular weight is 319 g/mol. The minimum Gasteiger partial charge on any atom is -0.467 e. The van der Waals surface area contributed by atoms with Gasteiger partial charge in [-0.1, -0.05) is 0 Å². The number of thioether (sulfide) groups is 1. The van der Waals surface area contributed by atoms with Crippen LogP contribution < -0.4 is 11.1 Å². The molecule has 8 nitrogen and oxygen atoms in total. The lowest BCUT2D eigenvalue weighted by atomic mass is 10.1. The highest BCUT2D eigenvalue weighted by molar-refractivity contribution is 7.98. The van der Waals surface area contributed by atoms with Crippen LogP contribution in [0, 0.1) is 0 Å². The third-order valence-corrected chi connectivity index (χ3v) is 3.75. The summed E-state index contributed by atoms with van der Waals surface area (Å²) in [5.41, 5.74) is 5.11. The Morgan fingerprint density at radius 2 is 2.24 bits per heavy atom. The van der Waals surface area contributed by atoms with Crippen LogP contribution in [-0.2, 0) is 19.1 Å². The van der Waals surface area contributed by atoms with Crippen LogP contribution in [0.15, 0.2) is 0 Å². The first kappa shape index (κ1) is 17.6. The number of urea groups is 1. The number of hydrogen-bond acceptors (Lipinski definition) is 6. The molecular weight excluding hydrogens is 298 g/mol. The molecule has 1 fully saturated rings. The Bertz CT molecular complexity index is 393. The van der Waals surface area contributed by atoms with Gasteiger partial charge in [0.25, 0.3) is 0 Å². The van der Waals surface area contributed by atoms with Gasteiger partial charge in [0, 0.05) is 6.54 Å². The molecule has 0 aromatic carbocycles. The Labute approximate surface area is 127 Å². The number of esters is 1. The molecule has 3 N–H and O–H groups in total. The highest BCUT2D eigenvalue weighted by atomic mass is 32.2. The van der Waals surface area contributed by atoms with Crippen LogP contribution in [0.2, 0.25) is 0 Å². The van der Waals surface area contributed by atoms with E-state index in [1.54, 1.807) is 11.8 Å². The normalized spacial score (nSPS) is 19.7. The van der Waals surface area contributed by atoms with E-state index in [0.717, 1.165) is 0 Å². The van der Waals surface area contributed by atoms with Crippen molar-refractivity contribution < 1.29 is 23.9 Å². The van der Waals surface area contributed by atoms with E-state index >= 15 is 0 Å². The summed E-state index contributed by atoms with van der Waals surface area (Å²) in [5, 5.41) is 2.43. The van der Waals surface area contributed by atoms with Crippen LogP contribution in [0.5, 0.6) is 0 Å². The number of nitrogens with two attached hydrogens (primary N) is 1. The van der Waals surface area contributed by atoms with Crippen molar-refractivity contribution in [2.45, 2.75) is 18.5 Å². The van der Waals surface area contributed by atoms with Crippen molar-refractivity contribution in [3.8, 4) is 0 Å². The zero-order valence-corrected chi connectivity index (χ0v) is 13.0. The van der Waals surface area contributed by atoms with Gasteiger partial charge >= 0.3 is 12.0 Å². The Balaban J connectivity index is 2.82. The smallest absolute Gasteiger partial charge is 0.331 e. The van der Waals surface area contributed by atoms with Gasteiger partial charge in [0.2, 0.25) is 5.91 Å². The molecule has 1 rings (SSSR count). The fourth-order valence-electron chi connectivity index (χ4n) is 2.06. The molecule has 1 aliphatic rings. The first-order valence-electron chi connectivity index (χ1n) is 6.52. The van der Waals surface area contributed by atoms with E-state index in [4.69, 9.17) is 10.5 Å². The molecule has 1 saturated heterocycles. The lowest BCUT2D eigenvalue weighted by molar-refractivity contribution is -0.161. The number of methoxy groups -OCH3 is 1. The second kappa shape index (κ2) is 8.73. The molecule has 0 radical (unpaired) electrons. The molecular formula is C12H21N3O5S. The lowest BCUT2D eigenvalue weighted by Crippen LogP contribution is -2.59. The van der Waals surface area contributed by atoms with Crippen LogP contribution in [-0.4, -0.2) is 73.8 Å². The third-order valence-electron chi connectivity index (χ3n) is 3.11. The first-order chi connectivity index (χ1) is 10.0. The summed E-state index contributed by atoms with van der Waals surface area (Å²) in [6.45, 7) is 0.699. The molecule has 0 aromatic rings. The number of amides is 3. The Morgan fingerprint density at radius 3 is 2.81 bits per heavy atom. The van der Waals surface area contributed by atoms with Crippen molar-refractivity contribution in [1.82, 2.24) is 10.2 Å². The van der Waals surface area contributed by atoms with Gasteiger partial charge in [-0.25, -0.2) is 9.59 Å². The summed E-state index contributed by atoms with van der Waals surface area (Å²) in [5.74, 6) is -0.198. The fraction of sp³-hybridized carbons (Fsp3) is 0.750. The van der Waals surface area contributed by atoms with E-state index in [9.17, 15) is 14.4 Å². The van der Waals surface area contributed by atoms with Crippen LogP contribution in [0.25, 0.3) is 0 Å². The number of morpholine rings is 1. The molecule has 21 heavy (non-hydrogen) atoms. The summed E-state index contributed by atoms with van der Waals surface area (Å²) in [6.07, 6.45) is 2.34. The monoisotopic (exact) mass is 319 g/mol. The van der Waals surface area contributed by atoms with Gasteiger partial charge in [-0.2, -0.15) is 11.8 Å². The summed E-state index contributed by atoms with van der Waals surface area (Å²) < 4.78 is 9.90. The molecule has 0 saturated carbocycles. The van der Waals surface area contributed by atoms with E-state index in [0.29, 0.717) is 18.8 Å². The second-order valence-electron chi connectivity index (χ2n) is 4.49. The molecule has 3 amide bonds. The number of primary amides is 1. The Kier molecular flexibility index (Phi) is 7.30. The number of nitrogens with zero attached hydrogens (tertiary/aromatic N) is 1. The highest BCUT2D eigenvalue weighted by Crippen LogP contribution is 2.13. The molecule has 0 aliphatic carbocycles. The molecule has 0 aromatic heterocycles. The topological polar surface area (TPSA) is 111 Å². The second-order valence-corrected chi connectivity index (χ2v) is 5.47. The number of rotatable bonds is 6. The van der Waals surface area contributed by atoms with Crippen LogP contribution in [0.4, 0.5) is 4.79 Å². The lowest BCUT2D eigenvalue weighted by Gasteiger charge is -2.35. The van der Waals surface area contributed by atoms with Gasteiger partial charge in [0.05, 0.1) is 20.3 Å². The maximum absolute atomic E-state index is 12.6. The van der Waals surface area contributed by atoms with Crippen LogP contribution in [0.3, 0.4) is 0 Å². The van der Waals surface area contributed by atoms with Crippen molar-refractivity contribution in [2.24, 2.45) is 5.73 Å². The molecule has 2 unspecified atom stereocenters. The number of nitrogens with one attached hydrogen (secondary N) is 1. The van der Waals surface area contributed by atoms with Crippen molar-refractivity contribution >= 4 is 29.7 Å². The number of ether oxygens (including phenoxy) is 2. The largest absolute Gasteiger partial charge is 0.467 e. The zero-order valence-electron chi connectivity index (χ0n) is 12.2. The summed E-state index contributed by atoms with van der Waals surface area (Å²) in [6, 6.07) is -2.31. The quantitative estimate of drug-likeness (QED) is 0.619. The minimum atomic E-state index is -0.789. The van der Waals surface area contributed by atoms with Gasteiger partial charge < -0.3 is 25.4 Å². The van der Waals surface area contributed by atoms with Gasteiger partial charge in [-0.15, -0.1) is 0 Å².